The lowest BCUT2D eigenvalue weighted by molar-refractivity contribution is -0.128. The van der Waals surface area contributed by atoms with Gasteiger partial charge in [-0.1, -0.05) is 23.7 Å². The SMILES string of the molecule is COc1ccc(CN(C)C(=O)CN(c2cccc(Cl)c2C)S(C)(=O)=O)cc1OC. The van der Waals surface area contributed by atoms with Gasteiger partial charge in [0.2, 0.25) is 15.9 Å². The van der Waals surface area contributed by atoms with Gasteiger partial charge in [-0.2, -0.15) is 0 Å². The largest absolute Gasteiger partial charge is 0.493 e. The number of rotatable bonds is 8. The van der Waals surface area contributed by atoms with Gasteiger partial charge in [-0.15, -0.1) is 0 Å². The van der Waals surface area contributed by atoms with E-state index in [2.05, 4.69) is 0 Å². The normalized spacial score (nSPS) is 11.1. The summed E-state index contributed by atoms with van der Waals surface area (Å²) in [6.07, 6.45) is 1.06. The molecule has 2 rings (SSSR count). The second kappa shape index (κ2) is 9.37. The van der Waals surface area contributed by atoms with Gasteiger partial charge >= 0.3 is 0 Å². The molecule has 0 aliphatic heterocycles. The van der Waals surface area contributed by atoms with Gasteiger partial charge in [-0.3, -0.25) is 9.10 Å². The quantitative estimate of drug-likeness (QED) is 0.630. The van der Waals surface area contributed by atoms with Crippen LogP contribution < -0.4 is 13.8 Å². The number of likely N-dealkylation sites (N-methyl/N-ethyl adjacent to an activating group) is 1. The molecule has 0 aromatic heterocycles. The molecule has 158 valence electrons. The molecule has 7 nitrogen and oxygen atoms in total. The molecule has 29 heavy (non-hydrogen) atoms. The molecule has 0 aliphatic carbocycles. The van der Waals surface area contributed by atoms with Crippen LogP contribution in [0, 0.1) is 6.92 Å². The Hall–Kier alpha value is -2.45. The summed E-state index contributed by atoms with van der Waals surface area (Å²) < 4.78 is 36.3. The zero-order valence-electron chi connectivity index (χ0n) is 17.1. The van der Waals surface area contributed by atoms with E-state index in [0.29, 0.717) is 27.8 Å². The summed E-state index contributed by atoms with van der Waals surface area (Å²) in [5.74, 6) is 0.785. The fourth-order valence-corrected chi connectivity index (χ4v) is 3.90. The molecule has 0 fully saturated rings. The topological polar surface area (TPSA) is 76.2 Å². The maximum absolute atomic E-state index is 12.8. The van der Waals surface area contributed by atoms with Crippen molar-refractivity contribution in [3.05, 3.63) is 52.5 Å². The van der Waals surface area contributed by atoms with Gasteiger partial charge in [0.1, 0.15) is 6.54 Å². The first kappa shape index (κ1) is 22.8. The number of nitrogens with zero attached hydrogens (tertiary/aromatic N) is 2. The summed E-state index contributed by atoms with van der Waals surface area (Å²) in [6.45, 7) is 1.67. The first-order valence-corrected chi connectivity index (χ1v) is 11.0. The Balaban J connectivity index is 2.22. The minimum atomic E-state index is -3.69. The molecule has 0 heterocycles. The summed E-state index contributed by atoms with van der Waals surface area (Å²) in [5, 5.41) is 0.433. The Morgan fingerprint density at radius 3 is 2.34 bits per heavy atom. The Bertz CT molecular complexity index is 994. The molecular weight excluding hydrogens is 416 g/mol. The zero-order valence-corrected chi connectivity index (χ0v) is 18.7. The van der Waals surface area contributed by atoms with E-state index in [1.165, 1.54) is 12.0 Å². The number of hydrogen-bond acceptors (Lipinski definition) is 5. The van der Waals surface area contributed by atoms with E-state index in [-0.39, 0.29) is 19.0 Å². The number of ether oxygens (including phenoxy) is 2. The fourth-order valence-electron chi connectivity index (χ4n) is 2.83. The Labute approximate surface area is 176 Å². The lowest BCUT2D eigenvalue weighted by Crippen LogP contribution is -2.41. The van der Waals surface area contributed by atoms with E-state index in [9.17, 15) is 13.2 Å². The van der Waals surface area contributed by atoms with E-state index in [1.807, 2.05) is 6.07 Å². The minimum absolute atomic E-state index is 0.283. The van der Waals surface area contributed by atoms with Crippen molar-refractivity contribution in [1.82, 2.24) is 4.90 Å². The number of carbonyl (C=O) groups is 1. The number of hydrogen-bond donors (Lipinski definition) is 0. The maximum atomic E-state index is 12.8. The van der Waals surface area contributed by atoms with Gasteiger partial charge < -0.3 is 14.4 Å². The van der Waals surface area contributed by atoms with Gasteiger partial charge in [-0.25, -0.2) is 8.42 Å². The molecule has 9 heteroatoms. The maximum Gasteiger partial charge on any atom is 0.243 e. The molecule has 0 spiro atoms. The van der Waals surface area contributed by atoms with Crippen molar-refractivity contribution in [3.8, 4) is 11.5 Å². The van der Waals surface area contributed by atoms with Crippen LogP contribution in [0.4, 0.5) is 5.69 Å². The molecule has 0 saturated heterocycles. The van der Waals surface area contributed by atoms with Gasteiger partial charge in [0.25, 0.3) is 0 Å². The van der Waals surface area contributed by atoms with Crippen LogP contribution in [0.15, 0.2) is 36.4 Å². The number of halogens is 1. The third kappa shape index (κ3) is 5.55. The molecule has 0 N–H and O–H groups in total. The highest BCUT2D eigenvalue weighted by Gasteiger charge is 2.24. The van der Waals surface area contributed by atoms with Crippen LogP contribution in [-0.2, 0) is 21.4 Å². The highest BCUT2D eigenvalue weighted by molar-refractivity contribution is 7.92. The number of carbonyl (C=O) groups excluding carboxylic acids is 1. The van der Waals surface area contributed by atoms with E-state index in [1.54, 1.807) is 51.4 Å². The number of anilines is 1. The third-order valence-electron chi connectivity index (χ3n) is 4.48. The molecule has 0 saturated carbocycles. The average molecular weight is 441 g/mol. The summed E-state index contributed by atoms with van der Waals surface area (Å²) >= 11 is 6.13. The zero-order chi connectivity index (χ0) is 21.8. The Kier molecular flexibility index (Phi) is 7.37. The fraction of sp³-hybridized carbons (Fsp3) is 0.350. The minimum Gasteiger partial charge on any atom is -0.493 e. The van der Waals surface area contributed by atoms with Crippen molar-refractivity contribution < 1.29 is 22.7 Å². The predicted molar refractivity (Wildman–Crippen MR) is 114 cm³/mol. The van der Waals surface area contributed by atoms with Crippen molar-refractivity contribution in [2.45, 2.75) is 13.5 Å². The Morgan fingerprint density at radius 2 is 1.76 bits per heavy atom. The van der Waals surface area contributed by atoms with Crippen LogP contribution in [0.25, 0.3) is 0 Å². The smallest absolute Gasteiger partial charge is 0.243 e. The van der Waals surface area contributed by atoms with Crippen molar-refractivity contribution in [1.29, 1.82) is 0 Å². The second-order valence-electron chi connectivity index (χ2n) is 6.59. The van der Waals surface area contributed by atoms with E-state index in [4.69, 9.17) is 21.1 Å². The highest BCUT2D eigenvalue weighted by atomic mass is 35.5. The molecule has 0 unspecified atom stereocenters. The van der Waals surface area contributed by atoms with Crippen LogP contribution in [0.1, 0.15) is 11.1 Å². The molecular formula is C20H25ClN2O5S. The number of benzene rings is 2. The standard InChI is InChI=1S/C20H25ClN2O5S/c1-14-16(21)7-6-8-17(14)23(29(5,25)26)13-20(24)22(2)12-15-9-10-18(27-3)19(11-15)28-4/h6-11H,12-13H2,1-5H3. The van der Waals surface area contributed by atoms with Crippen molar-refractivity contribution in [3.63, 3.8) is 0 Å². The molecule has 0 aliphatic rings. The first-order chi connectivity index (χ1) is 13.6. The van der Waals surface area contributed by atoms with Crippen LogP contribution in [0.2, 0.25) is 5.02 Å². The Morgan fingerprint density at radius 1 is 1.10 bits per heavy atom. The van der Waals surface area contributed by atoms with Gasteiger partial charge in [0.05, 0.1) is 26.2 Å². The van der Waals surface area contributed by atoms with E-state index >= 15 is 0 Å². The number of amides is 1. The number of sulfonamides is 1. The molecule has 0 atom stereocenters. The van der Waals surface area contributed by atoms with Gasteiger partial charge in [0, 0.05) is 18.6 Å². The second-order valence-corrected chi connectivity index (χ2v) is 8.91. The first-order valence-electron chi connectivity index (χ1n) is 8.76. The summed E-state index contributed by atoms with van der Waals surface area (Å²) in [4.78, 5) is 14.2. The summed E-state index contributed by atoms with van der Waals surface area (Å²) in [7, 11) is 1.01. The molecule has 0 radical (unpaired) electrons. The van der Waals surface area contributed by atoms with Gasteiger partial charge in [0.15, 0.2) is 11.5 Å². The van der Waals surface area contributed by atoms with Crippen LogP contribution in [0.5, 0.6) is 11.5 Å². The average Bonchev–Trinajstić information content (AvgIpc) is 2.67. The number of methoxy groups -OCH3 is 2. The van der Waals surface area contributed by atoms with Gasteiger partial charge in [-0.05, 0) is 42.3 Å². The lowest BCUT2D eigenvalue weighted by Gasteiger charge is -2.26. The molecule has 2 aromatic rings. The third-order valence-corrected chi connectivity index (χ3v) is 6.02. The van der Waals surface area contributed by atoms with E-state index in [0.717, 1.165) is 16.1 Å². The lowest BCUT2D eigenvalue weighted by atomic mass is 10.2. The van der Waals surface area contributed by atoms with Crippen LogP contribution in [-0.4, -0.2) is 53.3 Å². The van der Waals surface area contributed by atoms with Crippen molar-refractivity contribution >= 4 is 33.2 Å². The monoisotopic (exact) mass is 440 g/mol. The predicted octanol–water partition coefficient (Wildman–Crippen LogP) is 3.09. The van der Waals surface area contributed by atoms with Crippen molar-refractivity contribution in [2.24, 2.45) is 0 Å². The summed E-state index contributed by atoms with van der Waals surface area (Å²) in [5.41, 5.74) is 1.80. The molecule has 2 aromatic carbocycles. The summed E-state index contributed by atoms with van der Waals surface area (Å²) in [6, 6.07) is 10.3. The van der Waals surface area contributed by atoms with Crippen LogP contribution >= 0.6 is 11.6 Å². The molecule has 0 bridgehead atoms. The van der Waals surface area contributed by atoms with Crippen molar-refractivity contribution in [2.75, 3.05) is 38.4 Å². The molecule has 1 amide bonds. The van der Waals surface area contributed by atoms with Crippen LogP contribution in [0.3, 0.4) is 0 Å². The highest BCUT2D eigenvalue weighted by Crippen LogP contribution is 2.29. The van der Waals surface area contributed by atoms with E-state index < -0.39 is 10.0 Å².